The monoisotopic (exact) mass is 466 g/mol. The van der Waals surface area contributed by atoms with E-state index < -0.39 is 42.8 Å². The molecule has 1 aromatic heterocycles. The van der Waals surface area contributed by atoms with Crippen molar-refractivity contribution in [2.45, 2.75) is 44.7 Å². The van der Waals surface area contributed by atoms with E-state index >= 15 is 0 Å². The van der Waals surface area contributed by atoms with Crippen molar-refractivity contribution in [1.82, 2.24) is 9.55 Å². The number of aliphatic hydroxyl groups excluding tert-OH is 1. The van der Waals surface area contributed by atoms with E-state index in [9.17, 15) is 14.7 Å². The largest absolute Gasteiger partial charge is 0.455 e. The van der Waals surface area contributed by atoms with Crippen molar-refractivity contribution < 1.29 is 33.6 Å². The maximum Gasteiger partial charge on any atom is 0.303 e. The van der Waals surface area contributed by atoms with Crippen LogP contribution in [0.4, 0.5) is 0 Å². The lowest BCUT2D eigenvalue weighted by molar-refractivity contribution is -0.192. The van der Waals surface area contributed by atoms with Crippen molar-refractivity contribution in [1.29, 1.82) is 0 Å². The first-order valence-corrected chi connectivity index (χ1v) is 9.50. The maximum absolute atomic E-state index is 11.7. The van der Waals surface area contributed by atoms with Crippen LogP contribution >= 0.6 is 34.8 Å². The minimum absolute atomic E-state index is 0.0189. The molecule has 29 heavy (non-hydrogen) atoms. The first-order valence-electron chi connectivity index (χ1n) is 8.37. The number of methoxy groups -OCH3 is 1. The molecule has 2 aromatic rings. The summed E-state index contributed by atoms with van der Waals surface area (Å²) in [5.74, 6) is -1.32. The van der Waals surface area contributed by atoms with E-state index in [1.165, 1.54) is 37.7 Å². The van der Waals surface area contributed by atoms with Gasteiger partial charge in [0, 0.05) is 21.0 Å². The summed E-state index contributed by atoms with van der Waals surface area (Å²) in [5.41, 5.74) is 0.843. The molecule has 1 N–H and O–H groups in total. The highest BCUT2D eigenvalue weighted by molar-refractivity contribution is 6.42. The van der Waals surface area contributed by atoms with Gasteiger partial charge in [-0.15, -0.1) is 0 Å². The maximum atomic E-state index is 11.7. The number of fused-ring (bicyclic) bond motifs is 1. The molecule has 5 atom stereocenters. The van der Waals surface area contributed by atoms with E-state index in [1.807, 2.05) is 0 Å². The molecule has 0 bridgehead atoms. The van der Waals surface area contributed by atoms with Crippen LogP contribution in [0, 0.1) is 0 Å². The molecule has 1 saturated heterocycles. The minimum Gasteiger partial charge on any atom is -0.455 e. The first-order chi connectivity index (χ1) is 13.6. The summed E-state index contributed by atoms with van der Waals surface area (Å²) in [6, 6.07) is 3.04. The molecule has 1 fully saturated rings. The number of hydrogen-bond donors (Lipinski definition) is 1. The summed E-state index contributed by atoms with van der Waals surface area (Å²) in [6.07, 6.45) is -6.08. The van der Waals surface area contributed by atoms with E-state index in [1.54, 1.807) is 0 Å². The molecule has 0 spiro atoms. The molecular formula is C17H17Cl3N2O7. The standard InChI is InChI=1S/C17H17Cl3N2O7/c1-6(23)27-12-13(28-7(2)24)15(29-14(12)16(25)26-3)22-11-5-9(19)8(18)4-10(11)21-17(22)20/h4-5,12-16,25H,1-3H3/t12?,13?,14-,15?,16?/m0/s1. The molecule has 1 aromatic carbocycles. The molecule has 4 unspecified atom stereocenters. The quantitative estimate of drug-likeness (QED) is 0.528. The first kappa shape index (κ1) is 22.1. The summed E-state index contributed by atoms with van der Waals surface area (Å²) < 4.78 is 22.9. The number of benzene rings is 1. The second-order valence-electron chi connectivity index (χ2n) is 6.27. The molecule has 0 aliphatic carbocycles. The van der Waals surface area contributed by atoms with Crippen molar-refractivity contribution in [2.24, 2.45) is 0 Å². The van der Waals surface area contributed by atoms with E-state index in [2.05, 4.69) is 4.98 Å². The van der Waals surface area contributed by atoms with Crippen molar-refractivity contribution in [3.8, 4) is 0 Å². The van der Waals surface area contributed by atoms with Crippen LogP contribution in [0.5, 0.6) is 0 Å². The fourth-order valence-electron chi connectivity index (χ4n) is 3.18. The summed E-state index contributed by atoms with van der Waals surface area (Å²) in [4.78, 5) is 27.6. The molecule has 1 aliphatic rings. The van der Waals surface area contributed by atoms with E-state index in [0.717, 1.165) is 0 Å². The lowest BCUT2D eigenvalue weighted by atomic mass is 10.1. The van der Waals surface area contributed by atoms with Gasteiger partial charge in [0.1, 0.15) is 0 Å². The van der Waals surface area contributed by atoms with Gasteiger partial charge in [-0.3, -0.25) is 14.2 Å². The van der Waals surface area contributed by atoms with Crippen molar-refractivity contribution in [3.63, 3.8) is 0 Å². The Kier molecular flexibility index (Phi) is 6.57. The summed E-state index contributed by atoms with van der Waals surface area (Å²) >= 11 is 18.5. The summed E-state index contributed by atoms with van der Waals surface area (Å²) in [7, 11) is 1.24. The molecule has 9 nitrogen and oxygen atoms in total. The predicted octanol–water partition coefficient (Wildman–Crippen LogP) is 2.72. The van der Waals surface area contributed by atoms with E-state index in [-0.39, 0.29) is 15.3 Å². The van der Waals surface area contributed by atoms with Crippen LogP contribution < -0.4 is 0 Å². The SMILES string of the molecule is COC(O)[C@H]1OC(n2c(Cl)nc3cc(Cl)c(Cl)cc32)C(OC(C)=O)C1OC(C)=O. The van der Waals surface area contributed by atoms with E-state index in [4.69, 9.17) is 53.8 Å². The highest BCUT2D eigenvalue weighted by Gasteiger charge is 2.53. The van der Waals surface area contributed by atoms with Crippen LogP contribution in [0.15, 0.2) is 12.1 Å². The normalized spacial score (nSPS) is 25.2. The highest BCUT2D eigenvalue weighted by atomic mass is 35.5. The summed E-state index contributed by atoms with van der Waals surface area (Å²) in [5, 5.41) is 10.7. The number of imidazole rings is 1. The Morgan fingerprint density at radius 1 is 1.14 bits per heavy atom. The lowest BCUT2D eigenvalue weighted by Gasteiger charge is -2.25. The van der Waals surface area contributed by atoms with Crippen LogP contribution in [0.2, 0.25) is 15.3 Å². The fraction of sp³-hybridized carbons (Fsp3) is 0.471. The Balaban J connectivity index is 2.14. The zero-order valence-electron chi connectivity index (χ0n) is 15.5. The smallest absolute Gasteiger partial charge is 0.303 e. The Bertz CT molecular complexity index is 951. The molecule has 12 heteroatoms. The number of halogens is 3. The fourth-order valence-corrected chi connectivity index (χ4v) is 3.78. The number of nitrogens with zero attached hydrogens (tertiary/aromatic N) is 2. The number of carbonyl (C=O) groups excluding carboxylic acids is 2. The molecule has 0 amide bonds. The van der Waals surface area contributed by atoms with Crippen LogP contribution in [0.3, 0.4) is 0 Å². The van der Waals surface area contributed by atoms with Gasteiger partial charge in [0.2, 0.25) is 5.28 Å². The third-order valence-electron chi connectivity index (χ3n) is 4.29. The van der Waals surface area contributed by atoms with Gasteiger partial charge in [-0.2, -0.15) is 0 Å². The molecule has 158 valence electrons. The second kappa shape index (κ2) is 8.63. The number of aliphatic hydroxyl groups is 1. The number of esters is 2. The topological polar surface area (TPSA) is 109 Å². The third-order valence-corrected chi connectivity index (χ3v) is 5.28. The Labute approximate surface area is 180 Å². The summed E-state index contributed by atoms with van der Waals surface area (Å²) in [6.45, 7) is 2.36. The van der Waals surface area contributed by atoms with Crippen LogP contribution in [-0.4, -0.2) is 58.3 Å². The average Bonchev–Trinajstić information content (AvgIpc) is 3.11. The van der Waals surface area contributed by atoms with Gasteiger partial charge in [-0.1, -0.05) is 23.2 Å². The Hall–Kier alpha value is -1.62. The van der Waals surface area contributed by atoms with Gasteiger partial charge < -0.3 is 24.1 Å². The van der Waals surface area contributed by atoms with Crippen LogP contribution in [0.1, 0.15) is 20.1 Å². The number of rotatable bonds is 5. The van der Waals surface area contributed by atoms with Gasteiger partial charge in [0.05, 0.1) is 21.1 Å². The molecule has 1 aliphatic heterocycles. The van der Waals surface area contributed by atoms with Crippen molar-refractivity contribution in [2.75, 3.05) is 7.11 Å². The van der Waals surface area contributed by atoms with Crippen LogP contribution in [0.25, 0.3) is 11.0 Å². The minimum atomic E-state index is -1.48. The number of ether oxygens (including phenoxy) is 4. The molecule has 0 saturated carbocycles. The highest BCUT2D eigenvalue weighted by Crippen LogP contribution is 2.40. The van der Waals surface area contributed by atoms with Gasteiger partial charge in [-0.05, 0) is 23.7 Å². The van der Waals surface area contributed by atoms with Crippen molar-refractivity contribution in [3.05, 3.63) is 27.5 Å². The van der Waals surface area contributed by atoms with Gasteiger partial charge >= 0.3 is 11.9 Å². The molecular weight excluding hydrogens is 451 g/mol. The zero-order valence-corrected chi connectivity index (χ0v) is 17.7. The third kappa shape index (κ3) is 4.30. The predicted molar refractivity (Wildman–Crippen MR) is 103 cm³/mol. The molecule has 3 rings (SSSR count). The number of hydrogen-bond acceptors (Lipinski definition) is 8. The Morgan fingerprint density at radius 2 is 1.72 bits per heavy atom. The van der Waals surface area contributed by atoms with E-state index in [0.29, 0.717) is 11.0 Å². The number of carbonyl (C=O) groups is 2. The average molecular weight is 468 g/mol. The van der Waals surface area contributed by atoms with Gasteiger partial charge in [0.25, 0.3) is 0 Å². The number of aromatic nitrogens is 2. The van der Waals surface area contributed by atoms with Gasteiger partial charge in [0.15, 0.2) is 30.8 Å². The second-order valence-corrected chi connectivity index (χ2v) is 7.42. The molecule has 0 radical (unpaired) electrons. The Morgan fingerprint density at radius 3 is 2.31 bits per heavy atom. The van der Waals surface area contributed by atoms with Crippen molar-refractivity contribution >= 4 is 57.8 Å². The zero-order chi connectivity index (χ0) is 21.5. The van der Waals surface area contributed by atoms with Crippen LogP contribution in [-0.2, 0) is 28.5 Å². The molecule has 2 heterocycles. The van der Waals surface area contributed by atoms with Gasteiger partial charge in [-0.25, -0.2) is 4.98 Å². The lowest BCUT2D eigenvalue weighted by Crippen LogP contribution is -2.43.